The third-order valence-corrected chi connectivity index (χ3v) is 4.88. The highest BCUT2D eigenvalue weighted by molar-refractivity contribution is 14.1. The summed E-state index contributed by atoms with van der Waals surface area (Å²) in [5.74, 6) is -0.217. The summed E-state index contributed by atoms with van der Waals surface area (Å²) in [6.45, 7) is 0. The first-order valence-corrected chi connectivity index (χ1v) is 7.35. The molecule has 2 aliphatic heterocycles. The van der Waals surface area contributed by atoms with Crippen molar-refractivity contribution >= 4 is 34.0 Å². The molecular weight excluding hydrogens is 346 g/mol. The number of hydrogen-bond donors (Lipinski definition) is 2. The largest absolute Gasteiger partial charge is 0.397 e. The third-order valence-electron chi connectivity index (χ3n) is 4.06. The number of aliphatic hydroxyl groups excluding tert-OH is 1. The number of nitrogens with zero attached hydrogens (tertiary/aromatic N) is 1. The zero-order valence-corrected chi connectivity index (χ0v) is 12.1. The van der Waals surface area contributed by atoms with Gasteiger partial charge >= 0.3 is 0 Å². The van der Waals surface area contributed by atoms with Crippen molar-refractivity contribution in [2.45, 2.75) is 43.9 Å². The molecular formula is C13H16FIN2O. The zero-order valence-electron chi connectivity index (χ0n) is 9.94. The van der Waals surface area contributed by atoms with Crippen molar-refractivity contribution in [3.63, 3.8) is 0 Å². The van der Waals surface area contributed by atoms with Crippen LogP contribution in [-0.2, 0) is 0 Å². The van der Waals surface area contributed by atoms with Crippen molar-refractivity contribution in [3.05, 3.63) is 21.5 Å². The molecule has 98 valence electrons. The van der Waals surface area contributed by atoms with Gasteiger partial charge in [-0.25, -0.2) is 4.39 Å². The predicted molar refractivity (Wildman–Crippen MR) is 78.1 cm³/mol. The highest BCUT2D eigenvalue weighted by Crippen LogP contribution is 2.42. The summed E-state index contributed by atoms with van der Waals surface area (Å²) in [4.78, 5) is 2.22. The lowest BCUT2D eigenvalue weighted by Crippen LogP contribution is -2.45. The van der Waals surface area contributed by atoms with Crippen LogP contribution in [0.5, 0.6) is 0 Å². The van der Waals surface area contributed by atoms with Gasteiger partial charge in [0.25, 0.3) is 0 Å². The summed E-state index contributed by atoms with van der Waals surface area (Å²) in [6.07, 6.45) is 3.45. The fourth-order valence-corrected chi connectivity index (χ4v) is 3.81. The van der Waals surface area contributed by atoms with E-state index in [-0.39, 0.29) is 11.9 Å². The van der Waals surface area contributed by atoms with E-state index in [0.717, 1.165) is 31.4 Å². The summed E-state index contributed by atoms with van der Waals surface area (Å²) < 4.78 is 14.3. The molecule has 2 fully saturated rings. The molecule has 0 aromatic heterocycles. The number of nitrogen functional groups attached to an aromatic ring is 1. The van der Waals surface area contributed by atoms with E-state index in [1.807, 2.05) is 22.6 Å². The molecule has 3 N–H and O–H groups in total. The number of aliphatic hydroxyl groups is 1. The van der Waals surface area contributed by atoms with Crippen LogP contribution in [0, 0.1) is 9.39 Å². The first-order valence-electron chi connectivity index (χ1n) is 6.27. The van der Waals surface area contributed by atoms with Gasteiger partial charge < -0.3 is 15.7 Å². The zero-order chi connectivity index (χ0) is 12.9. The number of halogens is 2. The second-order valence-corrected chi connectivity index (χ2v) is 6.40. The number of hydrogen-bond acceptors (Lipinski definition) is 3. The summed E-state index contributed by atoms with van der Waals surface area (Å²) >= 11 is 1.95. The maximum atomic E-state index is 13.7. The van der Waals surface area contributed by atoms with Gasteiger partial charge in [0.15, 0.2) is 0 Å². The number of benzene rings is 1. The molecule has 3 rings (SSSR count). The highest BCUT2D eigenvalue weighted by Gasteiger charge is 2.41. The van der Waals surface area contributed by atoms with Gasteiger partial charge in [0.05, 0.1) is 21.0 Å². The standard InChI is InChI=1S/C13H16FIN2O/c14-10-5-13(12(16)6-11(10)15)17-7-1-2-8(17)4-9(18)3-7/h5-9,18H,1-4,16H2. The van der Waals surface area contributed by atoms with E-state index >= 15 is 0 Å². The number of rotatable bonds is 1. The maximum Gasteiger partial charge on any atom is 0.138 e. The average Bonchev–Trinajstić information content (AvgIpc) is 2.56. The third kappa shape index (κ3) is 1.97. The molecule has 2 atom stereocenters. The second kappa shape index (κ2) is 4.52. The Kier molecular flexibility index (Phi) is 3.13. The first kappa shape index (κ1) is 12.5. The van der Waals surface area contributed by atoms with E-state index in [0.29, 0.717) is 21.3 Å². The van der Waals surface area contributed by atoms with Gasteiger partial charge in [-0.3, -0.25) is 0 Å². The van der Waals surface area contributed by atoms with Crippen LogP contribution in [0.2, 0.25) is 0 Å². The maximum absolute atomic E-state index is 13.7. The topological polar surface area (TPSA) is 49.5 Å². The molecule has 1 aromatic carbocycles. The lowest BCUT2D eigenvalue weighted by molar-refractivity contribution is 0.126. The van der Waals surface area contributed by atoms with Gasteiger partial charge in [0.1, 0.15) is 5.82 Å². The Morgan fingerprint density at radius 2 is 1.89 bits per heavy atom. The van der Waals surface area contributed by atoms with Gasteiger partial charge in [0.2, 0.25) is 0 Å². The van der Waals surface area contributed by atoms with Crippen LogP contribution in [0.15, 0.2) is 12.1 Å². The summed E-state index contributed by atoms with van der Waals surface area (Å²) in [5, 5.41) is 9.79. The molecule has 2 unspecified atom stereocenters. The van der Waals surface area contributed by atoms with E-state index in [9.17, 15) is 9.50 Å². The highest BCUT2D eigenvalue weighted by atomic mass is 127. The predicted octanol–water partition coefficient (Wildman–Crippen LogP) is 2.50. The van der Waals surface area contributed by atoms with Crippen LogP contribution in [0.3, 0.4) is 0 Å². The number of fused-ring (bicyclic) bond motifs is 2. The molecule has 2 bridgehead atoms. The van der Waals surface area contributed by atoms with Crippen LogP contribution >= 0.6 is 22.6 Å². The Morgan fingerprint density at radius 3 is 2.50 bits per heavy atom. The van der Waals surface area contributed by atoms with Gasteiger partial charge in [0, 0.05) is 18.2 Å². The van der Waals surface area contributed by atoms with Crippen LogP contribution in [0.4, 0.5) is 15.8 Å². The molecule has 5 heteroatoms. The summed E-state index contributed by atoms with van der Waals surface area (Å²) in [7, 11) is 0. The van der Waals surface area contributed by atoms with Crippen LogP contribution in [0.25, 0.3) is 0 Å². The molecule has 2 saturated heterocycles. The van der Waals surface area contributed by atoms with Crippen LogP contribution in [-0.4, -0.2) is 23.3 Å². The Balaban J connectivity index is 1.98. The van der Waals surface area contributed by atoms with Crippen LogP contribution in [0.1, 0.15) is 25.7 Å². The molecule has 1 aromatic rings. The van der Waals surface area contributed by atoms with Crippen molar-refractivity contribution in [3.8, 4) is 0 Å². The molecule has 3 nitrogen and oxygen atoms in total. The van der Waals surface area contributed by atoms with E-state index in [4.69, 9.17) is 5.73 Å². The Bertz CT molecular complexity index is 468. The van der Waals surface area contributed by atoms with Gasteiger partial charge in [-0.05, 0) is 54.3 Å². The van der Waals surface area contributed by atoms with Gasteiger partial charge in [-0.15, -0.1) is 0 Å². The molecule has 0 aliphatic carbocycles. The Morgan fingerprint density at radius 1 is 1.28 bits per heavy atom. The van der Waals surface area contributed by atoms with Crippen molar-refractivity contribution in [2.75, 3.05) is 10.6 Å². The fraction of sp³-hybridized carbons (Fsp3) is 0.538. The van der Waals surface area contributed by atoms with E-state index in [1.165, 1.54) is 0 Å². The molecule has 0 spiro atoms. The lowest BCUT2D eigenvalue weighted by atomic mass is 9.98. The van der Waals surface area contributed by atoms with Crippen molar-refractivity contribution in [1.82, 2.24) is 0 Å². The minimum atomic E-state index is -0.217. The smallest absolute Gasteiger partial charge is 0.138 e. The van der Waals surface area contributed by atoms with E-state index in [2.05, 4.69) is 4.90 Å². The second-order valence-electron chi connectivity index (χ2n) is 5.24. The lowest BCUT2D eigenvalue weighted by Gasteiger charge is -2.39. The minimum Gasteiger partial charge on any atom is -0.397 e. The molecule has 2 aliphatic rings. The van der Waals surface area contributed by atoms with Crippen molar-refractivity contribution in [2.24, 2.45) is 0 Å². The van der Waals surface area contributed by atoms with Crippen molar-refractivity contribution < 1.29 is 9.50 Å². The number of piperidine rings is 1. The van der Waals surface area contributed by atoms with Crippen LogP contribution < -0.4 is 10.6 Å². The minimum absolute atomic E-state index is 0.214. The normalized spacial score (nSPS) is 30.8. The monoisotopic (exact) mass is 362 g/mol. The fourth-order valence-electron chi connectivity index (χ4n) is 3.32. The molecule has 18 heavy (non-hydrogen) atoms. The quantitative estimate of drug-likeness (QED) is 0.596. The molecule has 0 saturated carbocycles. The SMILES string of the molecule is Nc1cc(I)c(F)cc1N1C2CCC1CC(O)C2. The first-order chi connectivity index (χ1) is 8.56. The van der Waals surface area contributed by atoms with E-state index in [1.54, 1.807) is 12.1 Å². The number of nitrogens with two attached hydrogens (primary N) is 1. The Hall–Kier alpha value is -0.560. The number of anilines is 2. The van der Waals surface area contributed by atoms with Crippen molar-refractivity contribution in [1.29, 1.82) is 0 Å². The van der Waals surface area contributed by atoms with E-state index < -0.39 is 0 Å². The molecule has 0 radical (unpaired) electrons. The Labute approximate surface area is 119 Å². The summed E-state index contributed by atoms with van der Waals surface area (Å²) in [5.41, 5.74) is 7.46. The van der Waals surface area contributed by atoms with Gasteiger partial charge in [-0.2, -0.15) is 0 Å². The summed E-state index contributed by atoms with van der Waals surface area (Å²) in [6, 6.07) is 3.84. The average molecular weight is 362 g/mol. The van der Waals surface area contributed by atoms with Gasteiger partial charge in [-0.1, -0.05) is 0 Å². The molecule has 2 heterocycles. The molecule has 0 amide bonds.